The highest BCUT2D eigenvalue weighted by atomic mass is 19.2. The van der Waals surface area contributed by atoms with E-state index in [0.717, 1.165) is 12.8 Å². The minimum Gasteiger partial charge on any atom is -0.244 e. The molecule has 1 aliphatic rings. The van der Waals surface area contributed by atoms with Crippen LogP contribution in [-0.2, 0) is 0 Å². The summed E-state index contributed by atoms with van der Waals surface area (Å²) in [5, 5.41) is 0. The van der Waals surface area contributed by atoms with Crippen LogP contribution < -0.4 is 0 Å². The van der Waals surface area contributed by atoms with Crippen molar-refractivity contribution in [3.8, 4) is 0 Å². The molecule has 3 unspecified atom stereocenters. The Morgan fingerprint density at radius 3 is 2.50 bits per heavy atom. The van der Waals surface area contributed by atoms with E-state index in [2.05, 4.69) is 0 Å². The predicted octanol–water partition coefficient (Wildman–Crippen LogP) is 2.87. The van der Waals surface area contributed by atoms with E-state index in [1.807, 2.05) is 0 Å². The molecule has 0 heterocycles. The first-order valence-electron chi connectivity index (χ1n) is 3.87. The van der Waals surface area contributed by atoms with Crippen molar-refractivity contribution < 1.29 is 8.78 Å². The molecule has 1 saturated carbocycles. The molecule has 0 aromatic heterocycles. The van der Waals surface area contributed by atoms with Gasteiger partial charge in [0.05, 0.1) is 0 Å². The molecule has 0 aromatic carbocycles. The summed E-state index contributed by atoms with van der Waals surface area (Å²) in [6, 6.07) is 0. The molecular weight excluding hydrogens is 134 g/mol. The van der Waals surface area contributed by atoms with Gasteiger partial charge in [-0.15, -0.1) is 0 Å². The summed E-state index contributed by atoms with van der Waals surface area (Å²) in [7, 11) is 0. The van der Waals surface area contributed by atoms with Crippen molar-refractivity contribution in [3.63, 3.8) is 0 Å². The number of halogens is 2. The van der Waals surface area contributed by atoms with Gasteiger partial charge in [0.15, 0.2) is 0 Å². The molecule has 1 fully saturated rings. The second-order valence-corrected chi connectivity index (χ2v) is 3.55. The van der Waals surface area contributed by atoms with E-state index >= 15 is 0 Å². The van der Waals surface area contributed by atoms with Crippen LogP contribution in [0.1, 0.15) is 33.1 Å². The summed E-state index contributed by atoms with van der Waals surface area (Å²) in [6.07, 6.45) is 0.801. The molecular formula is C8H14F2. The molecule has 3 atom stereocenters. The topological polar surface area (TPSA) is 0 Å². The van der Waals surface area contributed by atoms with Gasteiger partial charge in [0.25, 0.3) is 0 Å². The number of alkyl halides is 2. The standard InChI is InChI=1S/C8H14F2/c1-6-4-3-5-8(2,10)7(6)9/h6-7H,3-5H2,1-2H3. The lowest BCUT2D eigenvalue weighted by molar-refractivity contribution is -0.00415. The molecule has 60 valence electrons. The lowest BCUT2D eigenvalue weighted by atomic mass is 9.80. The van der Waals surface area contributed by atoms with E-state index in [4.69, 9.17) is 0 Å². The number of hydrogen-bond donors (Lipinski definition) is 0. The number of hydrogen-bond acceptors (Lipinski definition) is 0. The zero-order chi connectivity index (χ0) is 7.78. The van der Waals surface area contributed by atoms with Crippen molar-refractivity contribution >= 4 is 0 Å². The molecule has 0 aromatic rings. The molecule has 0 bridgehead atoms. The minimum absolute atomic E-state index is 0.0938. The van der Waals surface area contributed by atoms with Gasteiger partial charge in [-0.1, -0.05) is 6.92 Å². The van der Waals surface area contributed by atoms with Gasteiger partial charge in [-0.2, -0.15) is 0 Å². The molecule has 0 saturated heterocycles. The zero-order valence-corrected chi connectivity index (χ0v) is 6.53. The van der Waals surface area contributed by atoms with Gasteiger partial charge in [0, 0.05) is 0 Å². The van der Waals surface area contributed by atoms with Crippen molar-refractivity contribution in [2.45, 2.75) is 45.0 Å². The van der Waals surface area contributed by atoms with Crippen molar-refractivity contribution in [3.05, 3.63) is 0 Å². The number of rotatable bonds is 0. The second-order valence-electron chi connectivity index (χ2n) is 3.55. The second kappa shape index (κ2) is 2.48. The third-order valence-electron chi connectivity index (χ3n) is 2.40. The normalized spacial score (nSPS) is 49.2. The van der Waals surface area contributed by atoms with Gasteiger partial charge in [-0.25, -0.2) is 8.78 Å². The van der Waals surface area contributed by atoms with E-state index in [1.54, 1.807) is 6.92 Å². The fourth-order valence-corrected chi connectivity index (χ4v) is 1.65. The molecule has 0 spiro atoms. The highest BCUT2D eigenvalue weighted by Gasteiger charge is 2.40. The highest BCUT2D eigenvalue weighted by Crippen LogP contribution is 2.37. The molecule has 0 nitrogen and oxygen atoms in total. The van der Waals surface area contributed by atoms with Crippen LogP contribution >= 0.6 is 0 Å². The Balaban J connectivity index is 2.60. The van der Waals surface area contributed by atoms with E-state index in [0.29, 0.717) is 6.42 Å². The van der Waals surface area contributed by atoms with Crippen LogP contribution in [-0.4, -0.2) is 11.8 Å². The Hall–Kier alpha value is -0.140. The quantitative estimate of drug-likeness (QED) is 0.495. The van der Waals surface area contributed by atoms with Crippen LogP contribution in [0.4, 0.5) is 8.78 Å². The van der Waals surface area contributed by atoms with Crippen LogP contribution in [0.15, 0.2) is 0 Å². The molecule has 0 radical (unpaired) electrons. The maximum absolute atomic E-state index is 13.1. The molecule has 0 aliphatic heterocycles. The third kappa shape index (κ3) is 1.30. The average molecular weight is 148 g/mol. The monoisotopic (exact) mass is 148 g/mol. The van der Waals surface area contributed by atoms with Crippen molar-refractivity contribution in [2.24, 2.45) is 5.92 Å². The lowest BCUT2D eigenvalue weighted by Gasteiger charge is -2.33. The van der Waals surface area contributed by atoms with E-state index in [9.17, 15) is 8.78 Å². The van der Waals surface area contributed by atoms with Gasteiger partial charge in [0.2, 0.25) is 0 Å². The molecule has 0 amide bonds. The fraction of sp³-hybridized carbons (Fsp3) is 1.00. The van der Waals surface area contributed by atoms with Crippen LogP contribution in [0.5, 0.6) is 0 Å². The Morgan fingerprint density at radius 1 is 1.50 bits per heavy atom. The van der Waals surface area contributed by atoms with Gasteiger partial charge in [-0.3, -0.25) is 0 Å². The SMILES string of the molecule is CC1CCCC(C)(F)C1F. The molecule has 1 rings (SSSR count). The van der Waals surface area contributed by atoms with Gasteiger partial charge >= 0.3 is 0 Å². The highest BCUT2D eigenvalue weighted by molar-refractivity contribution is 4.90. The fourth-order valence-electron chi connectivity index (χ4n) is 1.65. The molecule has 2 heteroatoms. The van der Waals surface area contributed by atoms with Crippen molar-refractivity contribution in [2.75, 3.05) is 0 Å². The third-order valence-corrected chi connectivity index (χ3v) is 2.40. The van der Waals surface area contributed by atoms with Crippen LogP contribution in [0.3, 0.4) is 0 Å². The average Bonchev–Trinajstić information content (AvgIpc) is 1.83. The molecule has 10 heavy (non-hydrogen) atoms. The van der Waals surface area contributed by atoms with E-state index in [1.165, 1.54) is 6.92 Å². The maximum atomic E-state index is 13.1. The minimum atomic E-state index is -1.56. The molecule has 1 aliphatic carbocycles. The lowest BCUT2D eigenvalue weighted by Crippen LogP contribution is -2.39. The predicted molar refractivity (Wildman–Crippen MR) is 37.4 cm³/mol. The summed E-state index contributed by atoms with van der Waals surface area (Å²) in [5.41, 5.74) is -1.56. The summed E-state index contributed by atoms with van der Waals surface area (Å²) >= 11 is 0. The van der Waals surface area contributed by atoms with Crippen molar-refractivity contribution in [1.82, 2.24) is 0 Å². The first-order chi connectivity index (χ1) is 4.54. The van der Waals surface area contributed by atoms with Crippen LogP contribution in [0.2, 0.25) is 0 Å². The molecule has 0 N–H and O–H groups in total. The van der Waals surface area contributed by atoms with Crippen LogP contribution in [0, 0.1) is 5.92 Å². The van der Waals surface area contributed by atoms with Crippen molar-refractivity contribution in [1.29, 1.82) is 0 Å². The summed E-state index contributed by atoms with van der Waals surface area (Å²) in [4.78, 5) is 0. The van der Waals surface area contributed by atoms with E-state index in [-0.39, 0.29) is 5.92 Å². The van der Waals surface area contributed by atoms with Gasteiger partial charge < -0.3 is 0 Å². The van der Waals surface area contributed by atoms with E-state index < -0.39 is 11.8 Å². The van der Waals surface area contributed by atoms with Gasteiger partial charge in [0.1, 0.15) is 11.8 Å². The summed E-state index contributed by atoms with van der Waals surface area (Å²) < 4.78 is 26.1. The maximum Gasteiger partial charge on any atom is 0.139 e. The summed E-state index contributed by atoms with van der Waals surface area (Å²) in [6.45, 7) is 3.15. The Bertz CT molecular complexity index is 120. The Kier molecular flexibility index (Phi) is 1.97. The van der Waals surface area contributed by atoms with Crippen LogP contribution in [0.25, 0.3) is 0 Å². The first-order valence-corrected chi connectivity index (χ1v) is 3.87. The van der Waals surface area contributed by atoms with Gasteiger partial charge in [-0.05, 0) is 32.1 Å². The smallest absolute Gasteiger partial charge is 0.139 e. The first kappa shape index (κ1) is 7.96. The zero-order valence-electron chi connectivity index (χ0n) is 6.53. The summed E-state index contributed by atoms with van der Waals surface area (Å²) in [5.74, 6) is -0.0938. The largest absolute Gasteiger partial charge is 0.244 e. The Labute approximate surface area is 60.6 Å². The Morgan fingerprint density at radius 2 is 2.10 bits per heavy atom.